The number of amides is 1. The third kappa shape index (κ3) is 6.01. The molecule has 5 heteroatoms. The Morgan fingerprint density at radius 3 is 2.47 bits per heavy atom. The van der Waals surface area contributed by atoms with Crippen LogP contribution in [0.15, 0.2) is 24.3 Å². The van der Waals surface area contributed by atoms with Crippen LogP contribution in [0.5, 0.6) is 0 Å². The second kappa shape index (κ2) is 7.53. The van der Waals surface area contributed by atoms with Gasteiger partial charge in [-0.3, -0.25) is 4.79 Å². The molecular formula is C14H19NO4. The average Bonchev–Trinajstić information content (AvgIpc) is 2.37. The Morgan fingerprint density at radius 1 is 1.26 bits per heavy atom. The lowest BCUT2D eigenvalue weighted by Crippen LogP contribution is -2.30. The molecule has 1 unspecified atom stereocenters. The summed E-state index contributed by atoms with van der Waals surface area (Å²) in [6.07, 6.45) is -0.400. The van der Waals surface area contributed by atoms with Crippen LogP contribution < -0.4 is 5.32 Å². The van der Waals surface area contributed by atoms with Gasteiger partial charge in [-0.05, 0) is 18.9 Å². The number of carbonyl (C=O) groups excluding carboxylic acids is 1. The summed E-state index contributed by atoms with van der Waals surface area (Å²) in [4.78, 5) is 21.8. The number of aliphatic hydroxyl groups excluding tert-OH is 1. The molecule has 1 aromatic carbocycles. The minimum atomic E-state index is -1.42. The summed E-state index contributed by atoms with van der Waals surface area (Å²) in [6.45, 7) is 2.17. The molecule has 0 saturated carbocycles. The standard InChI is InChI=1S/C14H19NO4/c1-10-2-4-11(5-3-10)6-7-13(17)15-9-8-12(16)14(18)19/h2-5,12,16H,6-9H2,1H3,(H,15,17)(H,18,19). The fraction of sp³-hybridized carbons (Fsp3) is 0.429. The highest BCUT2D eigenvalue weighted by Gasteiger charge is 2.12. The maximum absolute atomic E-state index is 11.5. The number of carboxylic acid groups (broad SMARTS) is 1. The van der Waals surface area contributed by atoms with Crippen LogP contribution in [0.2, 0.25) is 0 Å². The van der Waals surface area contributed by atoms with Crippen LogP contribution in [0, 0.1) is 6.92 Å². The molecule has 1 amide bonds. The fourth-order valence-corrected chi connectivity index (χ4v) is 1.57. The Hall–Kier alpha value is -1.88. The number of benzene rings is 1. The van der Waals surface area contributed by atoms with Gasteiger partial charge in [0.15, 0.2) is 6.10 Å². The maximum atomic E-state index is 11.5. The molecule has 19 heavy (non-hydrogen) atoms. The van der Waals surface area contributed by atoms with Gasteiger partial charge < -0.3 is 15.5 Å². The monoisotopic (exact) mass is 265 g/mol. The van der Waals surface area contributed by atoms with E-state index in [1.165, 1.54) is 5.56 Å². The summed E-state index contributed by atoms with van der Waals surface area (Å²) in [5.41, 5.74) is 2.27. The minimum absolute atomic E-state index is 0.0194. The highest BCUT2D eigenvalue weighted by Crippen LogP contribution is 2.05. The number of carbonyl (C=O) groups is 2. The molecule has 3 N–H and O–H groups in total. The van der Waals surface area contributed by atoms with Crippen molar-refractivity contribution in [3.8, 4) is 0 Å². The van der Waals surface area contributed by atoms with Gasteiger partial charge in [0.2, 0.25) is 5.91 Å². The molecule has 0 radical (unpaired) electrons. The van der Waals surface area contributed by atoms with Crippen LogP contribution in [0.25, 0.3) is 0 Å². The molecule has 0 aliphatic heterocycles. The van der Waals surface area contributed by atoms with Gasteiger partial charge >= 0.3 is 5.97 Å². The van der Waals surface area contributed by atoms with Crippen molar-refractivity contribution in [2.75, 3.05) is 6.54 Å². The summed E-state index contributed by atoms with van der Waals surface area (Å²) >= 11 is 0. The first-order chi connectivity index (χ1) is 8.99. The van der Waals surface area contributed by atoms with Gasteiger partial charge in [0.1, 0.15) is 0 Å². The minimum Gasteiger partial charge on any atom is -0.479 e. The van der Waals surface area contributed by atoms with E-state index in [0.29, 0.717) is 12.8 Å². The smallest absolute Gasteiger partial charge is 0.332 e. The van der Waals surface area contributed by atoms with Crippen molar-refractivity contribution in [3.05, 3.63) is 35.4 Å². The molecular weight excluding hydrogens is 246 g/mol. The summed E-state index contributed by atoms with van der Waals surface area (Å²) in [6, 6.07) is 7.96. The van der Waals surface area contributed by atoms with E-state index in [0.717, 1.165) is 5.56 Å². The first-order valence-corrected chi connectivity index (χ1v) is 6.22. The number of aliphatic hydroxyl groups is 1. The Balaban J connectivity index is 2.21. The third-order valence-corrected chi connectivity index (χ3v) is 2.79. The molecule has 0 heterocycles. The van der Waals surface area contributed by atoms with Crippen LogP contribution in [0.3, 0.4) is 0 Å². The van der Waals surface area contributed by atoms with E-state index in [4.69, 9.17) is 10.2 Å². The van der Waals surface area contributed by atoms with Crippen molar-refractivity contribution in [3.63, 3.8) is 0 Å². The molecule has 104 valence electrons. The predicted molar refractivity (Wildman–Crippen MR) is 70.8 cm³/mol. The molecule has 0 bridgehead atoms. The first-order valence-electron chi connectivity index (χ1n) is 6.22. The molecule has 1 rings (SSSR count). The van der Waals surface area contributed by atoms with E-state index in [1.807, 2.05) is 31.2 Å². The summed E-state index contributed by atoms with van der Waals surface area (Å²) in [5, 5.41) is 20.1. The molecule has 0 saturated heterocycles. The van der Waals surface area contributed by atoms with E-state index >= 15 is 0 Å². The lowest BCUT2D eigenvalue weighted by Gasteiger charge is -2.07. The number of carboxylic acids is 1. The Morgan fingerprint density at radius 2 is 1.89 bits per heavy atom. The SMILES string of the molecule is Cc1ccc(CCC(=O)NCCC(O)C(=O)O)cc1. The summed E-state index contributed by atoms with van der Waals surface area (Å²) in [5.74, 6) is -1.41. The Labute approximate surface area is 112 Å². The van der Waals surface area contributed by atoms with Crippen LogP contribution >= 0.6 is 0 Å². The van der Waals surface area contributed by atoms with E-state index in [9.17, 15) is 9.59 Å². The van der Waals surface area contributed by atoms with Gasteiger partial charge in [0.05, 0.1) is 0 Å². The van der Waals surface area contributed by atoms with Gasteiger partial charge in [0, 0.05) is 19.4 Å². The highest BCUT2D eigenvalue weighted by molar-refractivity contribution is 5.76. The van der Waals surface area contributed by atoms with Gasteiger partial charge in [-0.15, -0.1) is 0 Å². The van der Waals surface area contributed by atoms with Gasteiger partial charge in [-0.1, -0.05) is 29.8 Å². The third-order valence-electron chi connectivity index (χ3n) is 2.79. The second-order valence-electron chi connectivity index (χ2n) is 4.48. The van der Waals surface area contributed by atoms with Gasteiger partial charge in [-0.2, -0.15) is 0 Å². The number of hydrogen-bond acceptors (Lipinski definition) is 3. The molecule has 1 aromatic rings. The van der Waals surface area contributed by atoms with Crippen molar-refractivity contribution >= 4 is 11.9 Å². The summed E-state index contributed by atoms with van der Waals surface area (Å²) < 4.78 is 0. The normalized spacial score (nSPS) is 11.9. The zero-order valence-corrected chi connectivity index (χ0v) is 10.9. The van der Waals surface area contributed by atoms with Crippen molar-refractivity contribution < 1.29 is 19.8 Å². The van der Waals surface area contributed by atoms with Crippen molar-refractivity contribution in [2.45, 2.75) is 32.3 Å². The Bertz CT molecular complexity index is 428. The Kier molecular flexibility index (Phi) is 6.02. The fourth-order valence-electron chi connectivity index (χ4n) is 1.57. The number of aliphatic carboxylic acids is 1. The van der Waals surface area contributed by atoms with Crippen LogP contribution in [-0.2, 0) is 16.0 Å². The first kappa shape index (κ1) is 15.2. The molecule has 1 atom stereocenters. The molecule has 0 aliphatic carbocycles. The van der Waals surface area contributed by atoms with Crippen molar-refractivity contribution in [2.24, 2.45) is 0 Å². The average molecular weight is 265 g/mol. The van der Waals surface area contributed by atoms with Crippen molar-refractivity contribution in [1.82, 2.24) is 5.32 Å². The van der Waals surface area contributed by atoms with Gasteiger partial charge in [-0.25, -0.2) is 4.79 Å². The molecule has 0 spiro atoms. The van der Waals surface area contributed by atoms with Crippen LogP contribution in [0.1, 0.15) is 24.0 Å². The zero-order valence-electron chi connectivity index (χ0n) is 10.9. The van der Waals surface area contributed by atoms with Crippen LogP contribution in [-0.4, -0.2) is 34.7 Å². The molecule has 5 nitrogen and oxygen atoms in total. The number of nitrogens with one attached hydrogen (secondary N) is 1. The quantitative estimate of drug-likeness (QED) is 0.683. The topological polar surface area (TPSA) is 86.6 Å². The van der Waals surface area contributed by atoms with Crippen LogP contribution in [0.4, 0.5) is 0 Å². The van der Waals surface area contributed by atoms with Gasteiger partial charge in [0.25, 0.3) is 0 Å². The molecule has 0 aliphatic rings. The van der Waals surface area contributed by atoms with E-state index in [-0.39, 0.29) is 18.9 Å². The predicted octanol–water partition coefficient (Wildman–Crippen LogP) is 0.879. The number of hydrogen-bond donors (Lipinski definition) is 3. The lowest BCUT2D eigenvalue weighted by atomic mass is 10.1. The number of rotatable bonds is 7. The molecule has 0 fully saturated rings. The molecule has 0 aromatic heterocycles. The second-order valence-corrected chi connectivity index (χ2v) is 4.48. The van der Waals surface area contributed by atoms with Crippen molar-refractivity contribution in [1.29, 1.82) is 0 Å². The van der Waals surface area contributed by atoms with E-state index < -0.39 is 12.1 Å². The largest absolute Gasteiger partial charge is 0.479 e. The number of aryl methyl sites for hydroxylation is 2. The van der Waals surface area contributed by atoms with E-state index in [2.05, 4.69) is 5.32 Å². The zero-order chi connectivity index (χ0) is 14.3. The summed E-state index contributed by atoms with van der Waals surface area (Å²) in [7, 11) is 0. The van der Waals surface area contributed by atoms with E-state index in [1.54, 1.807) is 0 Å². The lowest BCUT2D eigenvalue weighted by molar-refractivity contribution is -0.147. The maximum Gasteiger partial charge on any atom is 0.332 e. The highest BCUT2D eigenvalue weighted by atomic mass is 16.4.